The zero-order chi connectivity index (χ0) is 12.0. The van der Waals surface area contributed by atoms with E-state index in [9.17, 15) is 4.79 Å². The molecule has 0 aliphatic heterocycles. The highest BCUT2D eigenvalue weighted by molar-refractivity contribution is 9.10. The molecule has 1 aromatic heterocycles. The third-order valence-electron chi connectivity index (χ3n) is 2.70. The summed E-state index contributed by atoms with van der Waals surface area (Å²) in [4.78, 5) is 11.8. The molecule has 4 heteroatoms. The van der Waals surface area contributed by atoms with Crippen LogP contribution in [0.3, 0.4) is 0 Å². The molecule has 1 heterocycles. The summed E-state index contributed by atoms with van der Waals surface area (Å²) in [5.74, 6) is 0. The van der Waals surface area contributed by atoms with Crippen molar-refractivity contribution in [2.45, 2.75) is 0 Å². The fourth-order valence-electron chi connectivity index (χ4n) is 1.92. The van der Waals surface area contributed by atoms with Gasteiger partial charge in [-0.3, -0.25) is 0 Å². The summed E-state index contributed by atoms with van der Waals surface area (Å²) in [7, 11) is 5.67. The Bertz CT molecular complexity index is 792. The van der Waals surface area contributed by atoms with Crippen LogP contribution in [0.15, 0.2) is 50.1 Å². The van der Waals surface area contributed by atoms with Crippen LogP contribution >= 0.6 is 15.9 Å². The summed E-state index contributed by atoms with van der Waals surface area (Å²) in [5, 5.41) is 2.33. The molecule has 0 aliphatic carbocycles. The van der Waals surface area contributed by atoms with Gasteiger partial charge in [0.15, 0.2) is 0 Å². The van der Waals surface area contributed by atoms with Crippen molar-refractivity contribution in [1.29, 1.82) is 0 Å². The van der Waals surface area contributed by atoms with E-state index in [-0.39, 0.29) is 5.63 Å². The second-order valence-corrected chi connectivity index (χ2v) is 4.75. The zero-order valence-electron chi connectivity index (χ0n) is 8.74. The molecule has 2 radical (unpaired) electrons. The topological polar surface area (TPSA) is 30.2 Å². The maximum absolute atomic E-state index is 11.8. The third kappa shape index (κ3) is 1.69. The molecule has 80 valence electrons. The second kappa shape index (κ2) is 3.74. The van der Waals surface area contributed by atoms with Crippen molar-refractivity contribution in [3.8, 4) is 0 Å². The lowest BCUT2D eigenvalue weighted by molar-refractivity contribution is 0.570. The van der Waals surface area contributed by atoms with Gasteiger partial charge in [-0.2, -0.15) is 0 Å². The first-order valence-corrected chi connectivity index (χ1v) is 5.86. The van der Waals surface area contributed by atoms with Gasteiger partial charge in [0, 0.05) is 9.86 Å². The summed E-state index contributed by atoms with van der Waals surface area (Å²) in [6, 6.07) is 10.9. The van der Waals surface area contributed by atoms with E-state index in [1.54, 1.807) is 18.2 Å². The second-order valence-electron chi connectivity index (χ2n) is 3.84. The van der Waals surface area contributed by atoms with Gasteiger partial charge in [0.2, 0.25) is 0 Å². The Kier molecular flexibility index (Phi) is 2.33. The molecule has 0 bridgehead atoms. The molecule has 0 spiro atoms. The Hall–Kier alpha value is -1.55. The van der Waals surface area contributed by atoms with Gasteiger partial charge in [0.1, 0.15) is 13.4 Å². The molecule has 0 unspecified atom stereocenters. The van der Waals surface area contributed by atoms with Gasteiger partial charge in [0.05, 0.1) is 5.39 Å². The molecule has 2 aromatic carbocycles. The highest BCUT2D eigenvalue weighted by Gasteiger charge is 2.07. The van der Waals surface area contributed by atoms with Crippen LogP contribution in [0.25, 0.3) is 21.7 Å². The molecular formula is C13H6BBrO2. The predicted molar refractivity (Wildman–Crippen MR) is 73.1 cm³/mol. The highest BCUT2D eigenvalue weighted by Crippen LogP contribution is 2.24. The van der Waals surface area contributed by atoms with Crippen molar-refractivity contribution in [2.75, 3.05) is 0 Å². The average molecular weight is 285 g/mol. The fourth-order valence-corrected chi connectivity index (χ4v) is 2.28. The molecule has 17 heavy (non-hydrogen) atoms. The summed E-state index contributed by atoms with van der Waals surface area (Å²) in [6.07, 6.45) is 0. The lowest BCUT2D eigenvalue weighted by atomic mass is 9.94. The van der Waals surface area contributed by atoms with Gasteiger partial charge < -0.3 is 4.42 Å². The Balaban J connectivity index is 2.60. The average Bonchev–Trinajstić information content (AvgIpc) is 2.29. The first-order chi connectivity index (χ1) is 8.15. The van der Waals surface area contributed by atoms with Crippen LogP contribution in [0.5, 0.6) is 0 Å². The highest BCUT2D eigenvalue weighted by atomic mass is 79.9. The Morgan fingerprint density at radius 1 is 1.00 bits per heavy atom. The van der Waals surface area contributed by atoms with E-state index in [0.717, 1.165) is 15.2 Å². The Morgan fingerprint density at radius 3 is 2.59 bits per heavy atom. The molecule has 0 saturated heterocycles. The number of hydrogen-bond donors (Lipinski definition) is 0. The molecular weight excluding hydrogens is 279 g/mol. The minimum atomic E-state index is -0.348. The number of fused-ring (bicyclic) bond motifs is 3. The van der Waals surface area contributed by atoms with Crippen LogP contribution in [0.2, 0.25) is 0 Å². The van der Waals surface area contributed by atoms with E-state index in [2.05, 4.69) is 15.9 Å². The van der Waals surface area contributed by atoms with Gasteiger partial charge in [-0.05, 0) is 23.6 Å². The molecule has 0 amide bonds. The van der Waals surface area contributed by atoms with Gasteiger partial charge in [-0.15, -0.1) is 0 Å². The number of hydrogen-bond acceptors (Lipinski definition) is 2. The number of benzene rings is 2. The van der Waals surface area contributed by atoms with Crippen LogP contribution in [0.4, 0.5) is 0 Å². The largest absolute Gasteiger partial charge is 0.422 e. The first kappa shape index (κ1) is 10.6. The maximum atomic E-state index is 11.8. The van der Waals surface area contributed by atoms with E-state index in [1.165, 1.54) is 0 Å². The SMILES string of the molecule is [B]c1ccc2c(c1)oc(=O)c1cc(Br)ccc12. The fraction of sp³-hybridized carbons (Fsp3) is 0. The lowest BCUT2D eigenvalue weighted by Crippen LogP contribution is -2.04. The molecule has 2 nitrogen and oxygen atoms in total. The van der Waals surface area contributed by atoms with Crippen molar-refractivity contribution < 1.29 is 4.42 Å². The van der Waals surface area contributed by atoms with Crippen LogP contribution in [-0.4, -0.2) is 7.85 Å². The van der Waals surface area contributed by atoms with Crippen LogP contribution < -0.4 is 11.1 Å². The van der Waals surface area contributed by atoms with E-state index in [0.29, 0.717) is 16.4 Å². The third-order valence-corrected chi connectivity index (χ3v) is 3.19. The van der Waals surface area contributed by atoms with Gasteiger partial charge >= 0.3 is 5.63 Å². The standard InChI is InChI=1S/C13H6BBrO2/c14-7-1-3-10-9-4-2-8(15)6-11(9)13(16)17-12(10)5-7/h1-6H. The molecule has 0 aliphatic rings. The van der Waals surface area contributed by atoms with Crippen molar-refractivity contribution in [3.63, 3.8) is 0 Å². The van der Waals surface area contributed by atoms with E-state index < -0.39 is 0 Å². The van der Waals surface area contributed by atoms with Crippen LogP contribution in [0, 0.1) is 0 Å². The number of halogens is 1. The lowest BCUT2D eigenvalue weighted by Gasteiger charge is -2.03. The molecule has 3 aromatic rings. The number of rotatable bonds is 0. The minimum absolute atomic E-state index is 0.348. The quantitative estimate of drug-likeness (QED) is 0.361. The Labute approximate surface area is 107 Å². The van der Waals surface area contributed by atoms with Gasteiger partial charge in [0.25, 0.3) is 0 Å². The zero-order valence-corrected chi connectivity index (χ0v) is 10.3. The van der Waals surface area contributed by atoms with Crippen LogP contribution in [-0.2, 0) is 0 Å². The van der Waals surface area contributed by atoms with Crippen LogP contribution in [0.1, 0.15) is 0 Å². The molecule has 0 fully saturated rings. The van der Waals surface area contributed by atoms with E-state index >= 15 is 0 Å². The smallest absolute Gasteiger partial charge is 0.344 e. The monoisotopic (exact) mass is 284 g/mol. The summed E-state index contributed by atoms with van der Waals surface area (Å²) in [5.41, 5.74) is 0.751. The molecule has 3 rings (SSSR count). The van der Waals surface area contributed by atoms with Crippen molar-refractivity contribution >= 4 is 51.0 Å². The molecule has 0 N–H and O–H groups in total. The maximum Gasteiger partial charge on any atom is 0.344 e. The van der Waals surface area contributed by atoms with Gasteiger partial charge in [-0.25, -0.2) is 4.79 Å². The van der Waals surface area contributed by atoms with Crippen molar-refractivity contribution in [3.05, 3.63) is 51.3 Å². The normalized spacial score (nSPS) is 11.1. The predicted octanol–water partition coefficient (Wildman–Crippen LogP) is 2.50. The van der Waals surface area contributed by atoms with Crippen molar-refractivity contribution in [2.24, 2.45) is 0 Å². The summed E-state index contributed by atoms with van der Waals surface area (Å²) in [6.45, 7) is 0. The van der Waals surface area contributed by atoms with Gasteiger partial charge in [-0.1, -0.05) is 39.6 Å². The minimum Gasteiger partial charge on any atom is -0.422 e. The summed E-state index contributed by atoms with van der Waals surface area (Å²) < 4.78 is 6.11. The molecule has 0 saturated carbocycles. The van der Waals surface area contributed by atoms with Crippen molar-refractivity contribution in [1.82, 2.24) is 0 Å². The Morgan fingerprint density at radius 2 is 1.76 bits per heavy atom. The summed E-state index contributed by atoms with van der Waals surface area (Å²) >= 11 is 3.34. The van der Waals surface area contributed by atoms with E-state index in [1.807, 2.05) is 18.2 Å². The molecule has 0 atom stereocenters. The first-order valence-electron chi connectivity index (χ1n) is 5.07. The van der Waals surface area contributed by atoms with E-state index in [4.69, 9.17) is 12.3 Å².